The molecule has 1 aromatic carbocycles. The van der Waals surface area contributed by atoms with E-state index < -0.39 is 9.84 Å². The van der Waals surface area contributed by atoms with Crippen LogP contribution in [0.1, 0.15) is 39.0 Å². The number of hydrogen-bond donors (Lipinski definition) is 0. The smallest absolute Gasteiger partial charge is 0.190 e. The fourth-order valence-electron chi connectivity index (χ4n) is 1.64. The normalized spacial score (nSPS) is 13.5. The van der Waals surface area contributed by atoms with Gasteiger partial charge in [0.2, 0.25) is 0 Å². The number of rotatable bonds is 7. The first-order chi connectivity index (χ1) is 8.09. The van der Waals surface area contributed by atoms with Crippen LogP contribution in [0.2, 0.25) is 0 Å². The van der Waals surface area contributed by atoms with Gasteiger partial charge in [-0.3, -0.25) is 0 Å². The summed E-state index contributed by atoms with van der Waals surface area (Å²) in [7, 11) is -3.14. The Morgan fingerprint density at radius 3 is 2.35 bits per heavy atom. The molecule has 0 radical (unpaired) electrons. The number of benzene rings is 1. The molecule has 2 nitrogen and oxygen atoms in total. The van der Waals surface area contributed by atoms with Gasteiger partial charge in [-0.2, -0.15) is 0 Å². The van der Waals surface area contributed by atoms with Crippen molar-refractivity contribution in [2.24, 2.45) is 0 Å². The molecule has 96 valence electrons. The minimum atomic E-state index is -3.14. The van der Waals surface area contributed by atoms with Crippen LogP contribution in [0.4, 0.5) is 0 Å². The summed E-state index contributed by atoms with van der Waals surface area (Å²) < 4.78 is 24.1. The number of halogens is 1. The SMILES string of the molecule is CCCCCCC(I)S(=O)(=O)c1ccccc1. The highest BCUT2D eigenvalue weighted by atomic mass is 127. The van der Waals surface area contributed by atoms with Crippen LogP contribution in [-0.2, 0) is 9.84 Å². The average molecular weight is 366 g/mol. The van der Waals surface area contributed by atoms with Crippen molar-refractivity contribution in [1.82, 2.24) is 0 Å². The van der Waals surface area contributed by atoms with Gasteiger partial charge in [0.05, 0.1) is 4.90 Å². The summed E-state index contributed by atoms with van der Waals surface area (Å²) in [6, 6.07) is 8.73. The van der Waals surface area contributed by atoms with Gasteiger partial charge in [0.25, 0.3) is 0 Å². The molecule has 0 spiro atoms. The fourth-order valence-corrected chi connectivity index (χ4v) is 4.27. The zero-order chi connectivity index (χ0) is 12.7. The zero-order valence-corrected chi connectivity index (χ0v) is 13.1. The number of unbranched alkanes of at least 4 members (excludes halogenated alkanes) is 3. The first kappa shape index (κ1) is 15.0. The third kappa shape index (κ3) is 4.58. The second-order valence-corrected chi connectivity index (χ2v) is 8.60. The van der Waals surface area contributed by atoms with Crippen LogP contribution in [0.25, 0.3) is 0 Å². The van der Waals surface area contributed by atoms with Crippen molar-refractivity contribution in [2.75, 3.05) is 0 Å². The molecule has 1 atom stereocenters. The van der Waals surface area contributed by atoms with Crippen LogP contribution in [0.3, 0.4) is 0 Å². The topological polar surface area (TPSA) is 34.1 Å². The second-order valence-electron chi connectivity index (χ2n) is 4.12. The Balaban J connectivity index is 2.59. The Labute approximate surface area is 118 Å². The molecule has 0 aliphatic rings. The summed E-state index contributed by atoms with van der Waals surface area (Å²) in [5.41, 5.74) is 0. The van der Waals surface area contributed by atoms with Crippen molar-refractivity contribution in [3.05, 3.63) is 30.3 Å². The second kappa shape index (κ2) is 7.36. The maximum absolute atomic E-state index is 12.2. The Bertz CT molecular complexity index is 414. The molecule has 0 heterocycles. The lowest BCUT2D eigenvalue weighted by atomic mass is 10.2. The minimum absolute atomic E-state index is 0.306. The van der Waals surface area contributed by atoms with Gasteiger partial charge in [0, 0.05) is 0 Å². The average Bonchev–Trinajstić information content (AvgIpc) is 2.35. The highest BCUT2D eigenvalue weighted by Gasteiger charge is 2.23. The minimum Gasteiger partial charge on any atom is -0.223 e. The van der Waals surface area contributed by atoms with Crippen LogP contribution >= 0.6 is 22.6 Å². The Morgan fingerprint density at radius 1 is 1.12 bits per heavy atom. The van der Waals surface area contributed by atoms with Crippen LogP contribution in [0, 0.1) is 0 Å². The van der Waals surface area contributed by atoms with Crippen LogP contribution in [0.15, 0.2) is 35.2 Å². The summed E-state index contributed by atoms with van der Waals surface area (Å²) in [6.07, 6.45) is 5.23. The molecule has 0 saturated heterocycles. The fraction of sp³-hybridized carbons (Fsp3) is 0.538. The lowest BCUT2D eigenvalue weighted by molar-refractivity contribution is 0.584. The first-order valence-electron chi connectivity index (χ1n) is 6.02. The van der Waals surface area contributed by atoms with E-state index in [0.717, 1.165) is 19.3 Å². The van der Waals surface area contributed by atoms with Crippen LogP contribution < -0.4 is 0 Å². The molecule has 0 fully saturated rings. The van der Waals surface area contributed by atoms with Gasteiger partial charge in [0.1, 0.15) is 3.26 Å². The highest BCUT2D eigenvalue weighted by molar-refractivity contribution is 14.1. The summed E-state index contributed by atoms with van der Waals surface area (Å²) in [5, 5.41) is 0. The number of sulfone groups is 1. The molecule has 0 aliphatic heterocycles. The van der Waals surface area contributed by atoms with Crippen molar-refractivity contribution < 1.29 is 8.42 Å². The molecule has 0 bridgehead atoms. The Kier molecular flexibility index (Phi) is 6.48. The molecule has 0 aromatic heterocycles. The molecule has 17 heavy (non-hydrogen) atoms. The van der Waals surface area contributed by atoms with E-state index in [1.54, 1.807) is 24.3 Å². The predicted octanol–water partition coefficient (Wildman–Crippen LogP) is 4.19. The van der Waals surface area contributed by atoms with Gasteiger partial charge in [-0.15, -0.1) is 0 Å². The zero-order valence-electron chi connectivity index (χ0n) is 10.1. The molecule has 4 heteroatoms. The molecule has 1 rings (SSSR count). The molecular weight excluding hydrogens is 347 g/mol. The standard InChI is InChI=1S/C13H19IO2S/c1-2-3-4-8-11-13(14)17(15,16)12-9-6-5-7-10-12/h5-7,9-10,13H,2-4,8,11H2,1H3. The molecule has 1 aromatic rings. The van der Waals surface area contributed by atoms with E-state index in [9.17, 15) is 8.42 Å². The Hall–Kier alpha value is -0.1000. The maximum Gasteiger partial charge on any atom is 0.190 e. The largest absolute Gasteiger partial charge is 0.223 e. The van der Waals surface area contributed by atoms with Gasteiger partial charge < -0.3 is 0 Å². The molecule has 0 saturated carbocycles. The summed E-state index contributed by atoms with van der Waals surface area (Å²) >= 11 is 2.05. The molecular formula is C13H19IO2S. The van der Waals surface area contributed by atoms with E-state index in [4.69, 9.17) is 0 Å². The van der Waals surface area contributed by atoms with Crippen molar-refractivity contribution in [1.29, 1.82) is 0 Å². The van der Waals surface area contributed by atoms with Gasteiger partial charge in [-0.05, 0) is 18.6 Å². The molecule has 0 N–H and O–H groups in total. The third-order valence-electron chi connectivity index (χ3n) is 2.69. The van der Waals surface area contributed by atoms with Crippen molar-refractivity contribution in [3.63, 3.8) is 0 Å². The number of hydrogen-bond acceptors (Lipinski definition) is 2. The van der Waals surface area contributed by atoms with Gasteiger partial charge >= 0.3 is 0 Å². The molecule has 0 amide bonds. The lowest BCUT2D eigenvalue weighted by Crippen LogP contribution is -2.14. The molecule has 1 unspecified atom stereocenters. The lowest BCUT2D eigenvalue weighted by Gasteiger charge is -2.11. The van der Waals surface area contributed by atoms with Crippen molar-refractivity contribution >= 4 is 32.4 Å². The van der Waals surface area contributed by atoms with E-state index in [2.05, 4.69) is 29.5 Å². The van der Waals surface area contributed by atoms with E-state index in [1.807, 2.05) is 6.07 Å². The number of alkyl halides is 1. The van der Waals surface area contributed by atoms with Crippen LogP contribution in [-0.4, -0.2) is 11.7 Å². The quantitative estimate of drug-likeness (QED) is 0.412. The summed E-state index contributed by atoms with van der Waals surface area (Å²) in [5.74, 6) is 0. The monoisotopic (exact) mass is 366 g/mol. The third-order valence-corrected chi connectivity index (χ3v) is 7.16. The predicted molar refractivity (Wildman–Crippen MR) is 80.2 cm³/mol. The highest BCUT2D eigenvalue weighted by Crippen LogP contribution is 2.25. The van der Waals surface area contributed by atoms with Crippen molar-refractivity contribution in [2.45, 2.75) is 47.2 Å². The van der Waals surface area contributed by atoms with Crippen molar-refractivity contribution in [3.8, 4) is 0 Å². The Morgan fingerprint density at radius 2 is 1.76 bits per heavy atom. The van der Waals surface area contributed by atoms with E-state index in [-0.39, 0.29) is 3.26 Å². The van der Waals surface area contributed by atoms with E-state index >= 15 is 0 Å². The van der Waals surface area contributed by atoms with Gasteiger partial charge in [-0.25, -0.2) is 8.42 Å². The van der Waals surface area contributed by atoms with Gasteiger partial charge in [0.15, 0.2) is 9.84 Å². The maximum atomic E-state index is 12.2. The van der Waals surface area contributed by atoms with Crippen LogP contribution in [0.5, 0.6) is 0 Å². The van der Waals surface area contributed by atoms with E-state index in [1.165, 1.54) is 12.8 Å². The summed E-state index contributed by atoms with van der Waals surface area (Å²) in [4.78, 5) is 0.440. The molecule has 0 aliphatic carbocycles. The summed E-state index contributed by atoms with van der Waals surface area (Å²) in [6.45, 7) is 2.16. The first-order valence-corrected chi connectivity index (χ1v) is 8.81. The van der Waals surface area contributed by atoms with Gasteiger partial charge in [-0.1, -0.05) is 73.4 Å². The van der Waals surface area contributed by atoms with E-state index in [0.29, 0.717) is 4.90 Å².